The molecule has 1 aromatic carbocycles. The maximum Gasteiger partial charge on any atom is 0.274 e. The minimum Gasteiger partial charge on any atom is -0.341 e. The number of aromatic nitrogens is 5. The number of rotatable bonds is 7. The summed E-state index contributed by atoms with van der Waals surface area (Å²) < 4.78 is 15.1. The number of fused-ring (bicyclic) bond motifs is 1. The van der Waals surface area contributed by atoms with Crippen LogP contribution in [0, 0.1) is 5.82 Å². The molecular formula is C27H32FN7O2. The summed E-state index contributed by atoms with van der Waals surface area (Å²) in [6, 6.07) is 7.99. The number of imidazole rings is 2. The Bertz CT molecular complexity index is 1400. The van der Waals surface area contributed by atoms with Crippen LogP contribution in [0.2, 0.25) is 0 Å². The van der Waals surface area contributed by atoms with Crippen molar-refractivity contribution in [3.63, 3.8) is 0 Å². The van der Waals surface area contributed by atoms with Crippen molar-refractivity contribution in [2.75, 3.05) is 20.1 Å². The highest BCUT2D eigenvalue weighted by Gasteiger charge is 2.26. The Morgan fingerprint density at radius 2 is 1.81 bits per heavy atom. The molecule has 9 nitrogen and oxygen atoms in total. The topological polar surface area (TPSA) is 99.5 Å². The normalized spacial score (nSPS) is 11.8. The summed E-state index contributed by atoms with van der Waals surface area (Å²) in [4.78, 5) is 40.8. The predicted octanol–water partition coefficient (Wildman–Crippen LogP) is 4.18. The first-order chi connectivity index (χ1) is 17.5. The average molecular weight is 506 g/mol. The zero-order chi connectivity index (χ0) is 26.9. The zero-order valence-electron chi connectivity index (χ0n) is 22.0. The van der Waals surface area contributed by atoms with Crippen molar-refractivity contribution in [1.29, 1.82) is 0 Å². The first-order valence-electron chi connectivity index (χ1n) is 12.2. The second kappa shape index (κ2) is 10.1. The van der Waals surface area contributed by atoms with E-state index in [2.05, 4.69) is 40.8 Å². The Balaban J connectivity index is 1.64. The minimum absolute atomic E-state index is 0.113. The number of likely N-dealkylation sites (N-methyl/N-ethyl adjacent to an activating group) is 1. The van der Waals surface area contributed by atoms with Gasteiger partial charge in [0, 0.05) is 37.3 Å². The highest BCUT2D eigenvalue weighted by Crippen LogP contribution is 2.30. The van der Waals surface area contributed by atoms with Crippen LogP contribution in [0.5, 0.6) is 0 Å². The molecule has 0 radical (unpaired) electrons. The maximum absolute atomic E-state index is 13.6. The summed E-state index contributed by atoms with van der Waals surface area (Å²) in [7, 11) is 1.69. The van der Waals surface area contributed by atoms with Crippen LogP contribution in [-0.4, -0.2) is 72.4 Å². The minimum atomic E-state index is -0.318. The quantitative estimate of drug-likeness (QED) is 0.406. The van der Waals surface area contributed by atoms with Crippen LogP contribution < -0.4 is 0 Å². The first-order valence-corrected chi connectivity index (χ1v) is 12.2. The smallest absolute Gasteiger partial charge is 0.274 e. The lowest BCUT2D eigenvalue weighted by atomic mass is 9.87. The summed E-state index contributed by atoms with van der Waals surface area (Å²) in [6.07, 6.45) is 4.56. The predicted molar refractivity (Wildman–Crippen MR) is 139 cm³/mol. The summed E-state index contributed by atoms with van der Waals surface area (Å²) in [5.41, 5.74) is 3.32. The van der Waals surface area contributed by atoms with Crippen molar-refractivity contribution >= 4 is 17.5 Å². The summed E-state index contributed by atoms with van der Waals surface area (Å²) in [6.45, 7) is 10.7. The van der Waals surface area contributed by atoms with E-state index in [0.717, 1.165) is 11.1 Å². The van der Waals surface area contributed by atoms with Crippen LogP contribution >= 0.6 is 0 Å². The molecule has 1 N–H and O–H groups in total. The molecule has 0 saturated heterocycles. The van der Waals surface area contributed by atoms with E-state index in [0.29, 0.717) is 30.1 Å². The van der Waals surface area contributed by atoms with Gasteiger partial charge in [-0.1, -0.05) is 20.8 Å². The number of benzene rings is 1. The number of amides is 2. The molecule has 0 fully saturated rings. The van der Waals surface area contributed by atoms with Gasteiger partial charge in [-0.2, -0.15) is 5.10 Å². The highest BCUT2D eigenvalue weighted by atomic mass is 19.1. The van der Waals surface area contributed by atoms with E-state index in [4.69, 9.17) is 0 Å². The van der Waals surface area contributed by atoms with E-state index in [1.54, 1.807) is 39.7 Å². The Labute approximate surface area is 215 Å². The number of hydrogen-bond acceptors (Lipinski definition) is 5. The fourth-order valence-corrected chi connectivity index (χ4v) is 4.07. The third-order valence-corrected chi connectivity index (χ3v) is 6.23. The Morgan fingerprint density at radius 3 is 2.41 bits per heavy atom. The molecule has 0 spiro atoms. The molecule has 0 atom stereocenters. The van der Waals surface area contributed by atoms with Gasteiger partial charge in [-0.3, -0.25) is 9.59 Å². The van der Waals surface area contributed by atoms with E-state index < -0.39 is 0 Å². The molecular weight excluding hydrogens is 473 g/mol. The van der Waals surface area contributed by atoms with Crippen LogP contribution in [0.15, 0.2) is 49.1 Å². The molecule has 4 aromatic rings. The molecule has 0 aliphatic rings. The largest absolute Gasteiger partial charge is 0.341 e. The van der Waals surface area contributed by atoms with Crippen LogP contribution in [-0.2, 0) is 5.41 Å². The molecule has 0 aliphatic carbocycles. The summed E-state index contributed by atoms with van der Waals surface area (Å²) in [5, 5.41) is 4.68. The number of H-pyrrole nitrogens is 1. The molecule has 37 heavy (non-hydrogen) atoms. The SMILES string of the molecule is CC(C)N(CCN(C)C(=O)c1cnc[nH]1)C(=O)c1cn2nc(-c3ccc(F)cc3)cc(C(C)(C)C)c2n1. The van der Waals surface area contributed by atoms with Crippen molar-refractivity contribution in [3.05, 3.63) is 71.8 Å². The number of aromatic amines is 1. The molecule has 10 heteroatoms. The van der Waals surface area contributed by atoms with Crippen molar-refractivity contribution in [1.82, 2.24) is 34.4 Å². The van der Waals surface area contributed by atoms with Crippen LogP contribution in [0.4, 0.5) is 4.39 Å². The maximum atomic E-state index is 13.6. The molecule has 3 aromatic heterocycles. The van der Waals surface area contributed by atoms with Gasteiger partial charge in [0.15, 0.2) is 5.65 Å². The zero-order valence-corrected chi connectivity index (χ0v) is 22.0. The summed E-state index contributed by atoms with van der Waals surface area (Å²) >= 11 is 0. The molecule has 3 heterocycles. The first kappa shape index (κ1) is 26.0. The second-order valence-corrected chi connectivity index (χ2v) is 10.4. The van der Waals surface area contributed by atoms with Gasteiger partial charge in [0.2, 0.25) is 0 Å². The molecule has 0 bridgehead atoms. The van der Waals surface area contributed by atoms with E-state index in [-0.39, 0.29) is 34.8 Å². The van der Waals surface area contributed by atoms with Gasteiger partial charge in [-0.25, -0.2) is 18.9 Å². The molecule has 194 valence electrons. The molecule has 0 saturated carbocycles. The lowest BCUT2D eigenvalue weighted by Crippen LogP contribution is -2.43. The van der Waals surface area contributed by atoms with Gasteiger partial charge in [0.1, 0.15) is 17.2 Å². The van der Waals surface area contributed by atoms with Crippen LogP contribution in [0.3, 0.4) is 0 Å². The monoisotopic (exact) mass is 505 g/mol. The number of halogens is 1. The van der Waals surface area contributed by atoms with Gasteiger partial charge < -0.3 is 14.8 Å². The second-order valence-electron chi connectivity index (χ2n) is 10.4. The number of nitrogens with one attached hydrogen (secondary N) is 1. The van der Waals surface area contributed by atoms with Crippen molar-refractivity contribution in [3.8, 4) is 11.3 Å². The van der Waals surface area contributed by atoms with Crippen LogP contribution in [0.1, 0.15) is 61.2 Å². The van der Waals surface area contributed by atoms with Gasteiger partial charge in [-0.15, -0.1) is 0 Å². The third kappa shape index (κ3) is 5.52. The molecule has 4 rings (SSSR count). The van der Waals surface area contributed by atoms with E-state index in [1.807, 2.05) is 19.9 Å². The molecule has 0 aliphatic heterocycles. The summed E-state index contributed by atoms with van der Waals surface area (Å²) in [5.74, 6) is -0.762. The number of carbonyl (C=O) groups excluding carboxylic acids is 2. The van der Waals surface area contributed by atoms with Crippen LogP contribution in [0.25, 0.3) is 16.9 Å². The average Bonchev–Trinajstić information content (AvgIpc) is 3.52. The Morgan fingerprint density at radius 1 is 1.11 bits per heavy atom. The standard InChI is InChI=1S/C27H32FN7O2/c1-17(2)34(12-11-33(6)25(36)22-14-29-16-30-22)26(37)23-15-35-24(31-23)20(27(3,4)5)13-21(32-35)18-7-9-19(28)10-8-18/h7-10,13-17H,11-12H2,1-6H3,(H,29,30). The van der Waals surface area contributed by atoms with E-state index in [9.17, 15) is 14.0 Å². The van der Waals surface area contributed by atoms with E-state index >= 15 is 0 Å². The van der Waals surface area contributed by atoms with Crippen molar-refractivity contribution < 1.29 is 14.0 Å². The Kier molecular flexibility index (Phi) is 7.11. The van der Waals surface area contributed by atoms with E-state index in [1.165, 1.54) is 24.7 Å². The van der Waals surface area contributed by atoms with Gasteiger partial charge in [0.05, 0.1) is 24.4 Å². The third-order valence-electron chi connectivity index (χ3n) is 6.23. The van der Waals surface area contributed by atoms with Gasteiger partial charge in [0.25, 0.3) is 11.8 Å². The lowest BCUT2D eigenvalue weighted by molar-refractivity contribution is 0.0640. The van der Waals surface area contributed by atoms with Crippen molar-refractivity contribution in [2.45, 2.75) is 46.1 Å². The fourth-order valence-electron chi connectivity index (χ4n) is 4.07. The van der Waals surface area contributed by atoms with Gasteiger partial charge in [-0.05, 0) is 49.6 Å². The molecule has 0 unspecified atom stereocenters. The fraction of sp³-hybridized carbons (Fsp3) is 0.370. The highest BCUT2D eigenvalue weighted by molar-refractivity contribution is 5.94. The molecule has 2 amide bonds. The van der Waals surface area contributed by atoms with Gasteiger partial charge >= 0.3 is 0 Å². The number of hydrogen-bond donors (Lipinski definition) is 1. The number of carbonyl (C=O) groups is 2. The van der Waals surface area contributed by atoms with Crippen molar-refractivity contribution in [2.24, 2.45) is 0 Å². The Hall–Kier alpha value is -4.08. The lowest BCUT2D eigenvalue weighted by Gasteiger charge is -2.28. The number of nitrogens with zero attached hydrogens (tertiary/aromatic N) is 6.